The molecule has 2 heterocycles. The second-order valence-electron chi connectivity index (χ2n) is 10.9. The molecule has 8 aromatic rings. The van der Waals surface area contributed by atoms with Gasteiger partial charge in [-0.15, -0.1) is 0 Å². The summed E-state index contributed by atoms with van der Waals surface area (Å²) in [5.41, 5.74) is 10.2. The minimum Gasteiger partial charge on any atom is -0.309 e. The molecule has 9 rings (SSSR count). The van der Waals surface area contributed by atoms with E-state index in [-0.39, 0.29) is 0 Å². The molecule has 0 amide bonds. The first-order chi connectivity index (χ1) is 20.9. The number of rotatable bonds is 2. The number of hydrogen-bond donors (Lipinski definition) is 0. The number of benzene rings is 6. The van der Waals surface area contributed by atoms with E-state index in [1.807, 2.05) is 13.8 Å². The van der Waals surface area contributed by atoms with Crippen LogP contribution in [0.15, 0.2) is 127 Å². The molecule has 202 valence electrons. The lowest BCUT2D eigenvalue weighted by molar-refractivity contribution is 0.977. The largest absolute Gasteiger partial charge is 0.309 e. The molecule has 0 aliphatic heterocycles. The zero-order chi connectivity index (χ0) is 28.2. The van der Waals surface area contributed by atoms with Crippen LogP contribution in [0.2, 0.25) is 0 Å². The van der Waals surface area contributed by atoms with E-state index < -0.39 is 0 Å². The van der Waals surface area contributed by atoms with E-state index in [1.165, 1.54) is 76.9 Å². The fourth-order valence-electron chi connectivity index (χ4n) is 7.00. The summed E-state index contributed by atoms with van der Waals surface area (Å²) in [6.45, 7) is 4.00. The molecular weight excluding hydrogens is 508 g/mol. The van der Waals surface area contributed by atoms with E-state index >= 15 is 0 Å². The Bertz CT molecular complexity index is 2320. The first-order valence-corrected chi connectivity index (χ1v) is 15.1. The first kappa shape index (κ1) is 24.7. The summed E-state index contributed by atoms with van der Waals surface area (Å²) < 4.78 is 4.95. The molecule has 0 saturated heterocycles. The minimum atomic E-state index is 1.10. The Morgan fingerprint density at radius 3 is 1.74 bits per heavy atom. The molecule has 0 fully saturated rings. The summed E-state index contributed by atoms with van der Waals surface area (Å²) in [5.74, 6) is 0. The number of para-hydroxylation sites is 2. The molecule has 6 aromatic carbocycles. The maximum atomic E-state index is 2.49. The van der Waals surface area contributed by atoms with Crippen LogP contribution in [0.5, 0.6) is 0 Å². The van der Waals surface area contributed by atoms with Crippen molar-refractivity contribution < 1.29 is 0 Å². The Labute approximate surface area is 245 Å². The fraction of sp³-hybridized carbons (Fsp3) is 0.100. The zero-order valence-electron chi connectivity index (χ0n) is 24.0. The van der Waals surface area contributed by atoms with Crippen molar-refractivity contribution in [3.63, 3.8) is 0 Å². The molecule has 2 heteroatoms. The van der Waals surface area contributed by atoms with Crippen LogP contribution in [-0.4, -0.2) is 9.13 Å². The van der Waals surface area contributed by atoms with E-state index in [0.717, 1.165) is 12.8 Å². The van der Waals surface area contributed by atoms with Gasteiger partial charge in [0.2, 0.25) is 0 Å². The summed E-state index contributed by atoms with van der Waals surface area (Å²) in [4.78, 5) is 0. The topological polar surface area (TPSA) is 9.86 Å². The Balaban J connectivity index is 0.00000131. The second-order valence-corrected chi connectivity index (χ2v) is 10.9. The van der Waals surface area contributed by atoms with Crippen molar-refractivity contribution in [3.8, 4) is 11.4 Å². The third-order valence-electron chi connectivity index (χ3n) is 8.75. The van der Waals surface area contributed by atoms with Crippen molar-refractivity contribution in [3.05, 3.63) is 139 Å². The summed E-state index contributed by atoms with van der Waals surface area (Å²) >= 11 is 0. The smallest absolute Gasteiger partial charge is 0.0549 e. The van der Waals surface area contributed by atoms with Gasteiger partial charge in [-0.1, -0.05) is 111 Å². The number of nitrogens with zero attached hydrogens (tertiary/aromatic N) is 2. The first-order valence-electron chi connectivity index (χ1n) is 15.1. The van der Waals surface area contributed by atoms with Gasteiger partial charge >= 0.3 is 0 Å². The molecule has 0 spiro atoms. The van der Waals surface area contributed by atoms with Crippen molar-refractivity contribution in [2.24, 2.45) is 0 Å². The number of aromatic nitrogens is 2. The number of aryl methyl sites for hydroxylation is 1. The van der Waals surface area contributed by atoms with Crippen LogP contribution in [0, 0.1) is 0 Å². The van der Waals surface area contributed by atoms with Crippen LogP contribution >= 0.6 is 0 Å². The molecule has 42 heavy (non-hydrogen) atoms. The third-order valence-corrected chi connectivity index (χ3v) is 8.75. The lowest BCUT2D eigenvalue weighted by atomic mass is 9.96. The Hall–Kier alpha value is -5.08. The van der Waals surface area contributed by atoms with Gasteiger partial charge in [0.1, 0.15) is 0 Å². The second kappa shape index (κ2) is 9.78. The van der Waals surface area contributed by atoms with Crippen LogP contribution in [0.3, 0.4) is 0 Å². The highest BCUT2D eigenvalue weighted by Gasteiger charge is 2.20. The van der Waals surface area contributed by atoms with E-state index in [9.17, 15) is 0 Å². The van der Waals surface area contributed by atoms with Crippen LogP contribution in [0.1, 0.15) is 31.4 Å². The summed E-state index contributed by atoms with van der Waals surface area (Å²) in [6, 6.07) is 44.7. The molecule has 0 atom stereocenters. The summed E-state index contributed by atoms with van der Waals surface area (Å²) in [6.07, 6.45) is 6.84. The van der Waals surface area contributed by atoms with Gasteiger partial charge in [-0.25, -0.2) is 0 Å². The van der Waals surface area contributed by atoms with Gasteiger partial charge in [0.25, 0.3) is 0 Å². The lowest BCUT2D eigenvalue weighted by Crippen LogP contribution is -2.02. The van der Waals surface area contributed by atoms with E-state index in [4.69, 9.17) is 0 Å². The average Bonchev–Trinajstić information content (AvgIpc) is 3.56. The summed E-state index contributed by atoms with van der Waals surface area (Å²) in [7, 11) is 0. The van der Waals surface area contributed by atoms with E-state index in [2.05, 4.69) is 143 Å². The number of hydrogen-bond acceptors (Lipinski definition) is 0. The van der Waals surface area contributed by atoms with E-state index in [0.29, 0.717) is 0 Å². The minimum absolute atomic E-state index is 1.10. The molecule has 2 aromatic heterocycles. The SMILES string of the molecule is C1=Cc2c(cccc2-n2c3ccccc3c3cc4c(cc32)c2ccccc2n4-c2cccc3ccccc23)CC1.CC. The van der Waals surface area contributed by atoms with Crippen molar-refractivity contribution in [1.29, 1.82) is 0 Å². The van der Waals surface area contributed by atoms with Crippen molar-refractivity contribution in [2.75, 3.05) is 0 Å². The molecule has 0 unspecified atom stereocenters. The van der Waals surface area contributed by atoms with Gasteiger partial charge in [0.15, 0.2) is 0 Å². The van der Waals surface area contributed by atoms with Crippen molar-refractivity contribution in [2.45, 2.75) is 26.7 Å². The molecular formula is C40H32N2. The highest BCUT2D eigenvalue weighted by atomic mass is 15.0. The highest BCUT2D eigenvalue weighted by molar-refractivity contribution is 6.19. The molecule has 0 bridgehead atoms. The van der Waals surface area contributed by atoms with Crippen molar-refractivity contribution >= 4 is 60.5 Å². The van der Waals surface area contributed by atoms with Gasteiger partial charge in [-0.05, 0) is 60.2 Å². The normalized spacial score (nSPS) is 12.7. The van der Waals surface area contributed by atoms with Crippen LogP contribution in [0.4, 0.5) is 0 Å². The van der Waals surface area contributed by atoms with Crippen LogP contribution < -0.4 is 0 Å². The maximum absolute atomic E-state index is 2.49. The molecule has 0 N–H and O–H groups in total. The molecule has 0 radical (unpaired) electrons. The molecule has 0 saturated carbocycles. The Morgan fingerprint density at radius 2 is 1.02 bits per heavy atom. The van der Waals surface area contributed by atoms with Gasteiger partial charge in [-0.2, -0.15) is 0 Å². The monoisotopic (exact) mass is 540 g/mol. The average molecular weight is 541 g/mol. The Morgan fingerprint density at radius 1 is 0.476 bits per heavy atom. The van der Waals surface area contributed by atoms with Crippen LogP contribution in [0.25, 0.3) is 71.8 Å². The quantitative estimate of drug-likeness (QED) is 0.206. The number of fused-ring (bicyclic) bond motifs is 8. The third kappa shape index (κ3) is 3.51. The summed E-state index contributed by atoms with van der Waals surface area (Å²) in [5, 5.41) is 7.64. The number of allylic oxidation sites excluding steroid dienone is 1. The van der Waals surface area contributed by atoms with E-state index in [1.54, 1.807) is 0 Å². The molecule has 1 aliphatic carbocycles. The van der Waals surface area contributed by atoms with Gasteiger partial charge in [-0.3, -0.25) is 0 Å². The predicted molar refractivity (Wildman–Crippen MR) is 181 cm³/mol. The Kier molecular flexibility index (Phi) is 5.75. The molecule has 1 aliphatic rings. The standard InChI is InChI=1S/C38H26N2.C2H6/c1-3-15-27-25(11-1)13-9-21-33(27)39-35-19-7-5-17-29(35)31-24-38-32(23-37(31)39)30-18-6-8-20-36(30)40(38)34-22-10-14-26-12-2-4-16-28(26)34;1-2/h1,3-11,13-24H,2,12H2;1-2H3. The fourth-order valence-corrected chi connectivity index (χ4v) is 7.00. The molecule has 2 nitrogen and oxygen atoms in total. The maximum Gasteiger partial charge on any atom is 0.0549 e. The van der Waals surface area contributed by atoms with Gasteiger partial charge in [0.05, 0.1) is 33.4 Å². The van der Waals surface area contributed by atoms with Crippen molar-refractivity contribution in [1.82, 2.24) is 9.13 Å². The lowest BCUT2D eigenvalue weighted by Gasteiger charge is -2.17. The highest BCUT2D eigenvalue weighted by Crippen LogP contribution is 2.41. The van der Waals surface area contributed by atoms with Crippen LogP contribution in [-0.2, 0) is 6.42 Å². The van der Waals surface area contributed by atoms with Gasteiger partial charge in [0, 0.05) is 32.5 Å². The zero-order valence-corrected chi connectivity index (χ0v) is 24.0. The predicted octanol–water partition coefficient (Wildman–Crippen LogP) is 11.0. The van der Waals surface area contributed by atoms with Gasteiger partial charge < -0.3 is 9.13 Å².